The smallest absolute Gasteiger partial charge is 0.254 e. The summed E-state index contributed by atoms with van der Waals surface area (Å²) in [5.41, 5.74) is 3.44. The number of rotatable bonds is 4. The second-order valence-corrected chi connectivity index (χ2v) is 7.06. The molecule has 1 fully saturated rings. The summed E-state index contributed by atoms with van der Waals surface area (Å²) < 4.78 is 13.5. The summed E-state index contributed by atoms with van der Waals surface area (Å²) in [5, 5.41) is 12.2. The van der Waals surface area contributed by atoms with Crippen molar-refractivity contribution in [1.82, 2.24) is 15.7 Å². The Morgan fingerprint density at radius 2 is 2.21 bits per heavy atom. The lowest BCUT2D eigenvalue weighted by atomic mass is 9.98. The van der Waals surface area contributed by atoms with Gasteiger partial charge in [0.15, 0.2) is 6.04 Å². The van der Waals surface area contributed by atoms with Crippen molar-refractivity contribution in [1.29, 1.82) is 5.26 Å². The molecular weight excluding hydrogens is 365 g/mol. The van der Waals surface area contributed by atoms with E-state index in [0.29, 0.717) is 34.2 Å². The molecule has 0 spiro atoms. The monoisotopic (exact) mass is 386 g/mol. The van der Waals surface area contributed by atoms with E-state index in [2.05, 4.69) is 15.7 Å². The molecule has 1 aliphatic heterocycles. The topological polar surface area (TPSA) is 118 Å². The van der Waals surface area contributed by atoms with E-state index in [0.717, 1.165) is 0 Å². The van der Waals surface area contributed by atoms with Crippen LogP contribution in [0.4, 0.5) is 4.39 Å². The number of nitriles is 1. The molecule has 8 nitrogen and oxygen atoms in total. The number of pyridine rings is 1. The van der Waals surface area contributed by atoms with Gasteiger partial charge in [-0.1, -0.05) is 0 Å². The van der Waals surface area contributed by atoms with Crippen LogP contribution in [0.1, 0.15) is 30.9 Å². The molecule has 3 atom stereocenters. The van der Waals surface area contributed by atoms with E-state index in [1.807, 2.05) is 6.07 Å². The molecule has 0 radical (unpaired) electrons. The number of amides is 1. The molecule has 3 rings (SSSR count). The number of aromatic amines is 1. The average Bonchev–Trinajstić information content (AvgIpc) is 2.65. The van der Waals surface area contributed by atoms with Crippen molar-refractivity contribution in [2.24, 2.45) is 0 Å². The Kier molecular flexibility index (Phi) is 5.40. The number of nitrogens with one attached hydrogen (secondary N) is 3. The summed E-state index contributed by atoms with van der Waals surface area (Å²) in [6.45, 7) is 3.38. The zero-order chi connectivity index (χ0) is 20.4. The van der Waals surface area contributed by atoms with Crippen molar-refractivity contribution < 1.29 is 14.1 Å². The lowest BCUT2D eigenvalue weighted by Crippen LogP contribution is -2.55. The zero-order valence-electron chi connectivity index (χ0n) is 15.6. The SMILES string of the molecule is Cc1c(CC(=O)N[C@H](C)C2CCC(C#N)N[N+]2=O)c(=O)[nH]c2ccc(F)cc12. The maximum Gasteiger partial charge on any atom is 0.254 e. The summed E-state index contributed by atoms with van der Waals surface area (Å²) in [4.78, 5) is 40.1. The van der Waals surface area contributed by atoms with Gasteiger partial charge in [-0.2, -0.15) is 5.26 Å². The first-order valence-corrected chi connectivity index (χ1v) is 9.02. The van der Waals surface area contributed by atoms with Crippen LogP contribution in [-0.4, -0.2) is 33.9 Å². The van der Waals surface area contributed by atoms with Gasteiger partial charge in [0.25, 0.3) is 11.6 Å². The summed E-state index contributed by atoms with van der Waals surface area (Å²) in [7, 11) is 0. The van der Waals surface area contributed by atoms with Crippen LogP contribution >= 0.6 is 0 Å². The highest BCUT2D eigenvalue weighted by Gasteiger charge is 2.39. The van der Waals surface area contributed by atoms with Gasteiger partial charge in [0.05, 0.1) is 23.4 Å². The van der Waals surface area contributed by atoms with Crippen LogP contribution in [0.15, 0.2) is 23.0 Å². The number of H-pyrrole nitrogens is 1. The first-order chi connectivity index (χ1) is 13.3. The molecule has 0 bridgehead atoms. The van der Waals surface area contributed by atoms with Crippen molar-refractivity contribution in [3.05, 3.63) is 50.4 Å². The standard InChI is InChI=1S/C19H20FN5O3/c1-10-14-7-12(20)3-5-16(14)23-19(27)15(10)8-18(26)22-11(2)17-6-4-13(9-21)24-25(17)28/h3,5,7,11,13,17H,4,6,8H2,1-2H3,(H2-,22,23,24,26,27,28)/p+1/t11-,13?,17?/m1/s1. The van der Waals surface area contributed by atoms with Crippen LogP contribution in [0.25, 0.3) is 10.9 Å². The van der Waals surface area contributed by atoms with Crippen LogP contribution in [-0.2, 0) is 11.2 Å². The number of aryl methyl sites for hydroxylation is 1. The number of aromatic nitrogens is 1. The molecule has 0 saturated carbocycles. The van der Waals surface area contributed by atoms with E-state index in [9.17, 15) is 18.9 Å². The molecule has 1 aliphatic rings. The fourth-order valence-electron chi connectivity index (χ4n) is 3.56. The summed E-state index contributed by atoms with van der Waals surface area (Å²) in [5.74, 6) is -0.838. The van der Waals surface area contributed by atoms with Gasteiger partial charge < -0.3 is 10.3 Å². The van der Waals surface area contributed by atoms with E-state index in [1.165, 1.54) is 18.2 Å². The lowest BCUT2D eigenvalue weighted by Gasteiger charge is -2.23. The van der Waals surface area contributed by atoms with Gasteiger partial charge in [-0.05, 0) is 44.0 Å². The minimum atomic E-state index is -0.532. The number of carbonyl (C=O) groups excluding carboxylic acids is 1. The molecule has 3 N–H and O–H groups in total. The maximum atomic E-state index is 13.5. The highest BCUT2D eigenvalue weighted by Crippen LogP contribution is 2.19. The number of fused-ring (bicyclic) bond motifs is 1. The summed E-state index contributed by atoms with van der Waals surface area (Å²) >= 11 is 0. The van der Waals surface area contributed by atoms with E-state index in [4.69, 9.17) is 5.26 Å². The normalized spacial score (nSPS) is 20.3. The Labute approximate surface area is 160 Å². The highest BCUT2D eigenvalue weighted by atomic mass is 19.1. The van der Waals surface area contributed by atoms with E-state index in [1.54, 1.807) is 13.8 Å². The van der Waals surface area contributed by atoms with Crippen LogP contribution in [0, 0.1) is 29.0 Å². The Morgan fingerprint density at radius 3 is 2.89 bits per heavy atom. The quantitative estimate of drug-likeness (QED) is 0.686. The molecule has 2 aromatic rings. The summed E-state index contributed by atoms with van der Waals surface area (Å²) in [6.07, 6.45) is 0.790. The molecule has 146 valence electrons. The van der Waals surface area contributed by atoms with Gasteiger partial charge in [-0.15, -0.1) is 5.43 Å². The average molecular weight is 386 g/mol. The lowest BCUT2D eigenvalue weighted by molar-refractivity contribution is -0.656. The van der Waals surface area contributed by atoms with Crippen molar-refractivity contribution in [2.45, 2.75) is 51.2 Å². The number of hydrogen-bond donors (Lipinski definition) is 3. The second kappa shape index (κ2) is 7.76. The molecule has 2 unspecified atom stereocenters. The van der Waals surface area contributed by atoms with Crippen molar-refractivity contribution in [3.63, 3.8) is 0 Å². The van der Waals surface area contributed by atoms with Gasteiger partial charge in [0.1, 0.15) is 10.7 Å². The molecule has 28 heavy (non-hydrogen) atoms. The predicted octanol–water partition coefficient (Wildman–Crippen LogP) is 1.36. The number of nitroso groups, excluding NO2 is 1. The predicted molar refractivity (Wildman–Crippen MR) is 99.8 cm³/mol. The Balaban J connectivity index is 1.74. The molecular formula is C19H21FN5O3+. The number of hydrogen-bond acceptors (Lipinski definition) is 4. The Bertz CT molecular complexity index is 1040. The molecule has 9 heteroatoms. The molecule has 1 amide bonds. The second-order valence-electron chi connectivity index (χ2n) is 7.06. The van der Waals surface area contributed by atoms with Crippen LogP contribution < -0.4 is 16.3 Å². The van der Waals surface area contributed by atoms with Gasteiger partial charge in [-0.3, -0.25) is 9.59 Å². The highest BCUT2D eigenvalue weighted by molar-refractivity contribution is 5.85. The molecule has 0 aliphatic carbocycles. The maximum absolute atomic E-state index is 13.5. The fraction of sp³-hybridized carbons (Fsp3) is 0.421. The van der Waals surface area contributed by atoms with Crippen LogP contribution in [0.3, 0.4) is 0 Å². The van der Waals surface area contributed by atoms with Crippen molar-refractivity contribution >= 4 is 16.8 Å². The molecule has 1 saturated heterocycles. The minimum Gasteiger partial charge on any atom is -0.346 e. The van der Waals surface area contributed by atoms with Gasteiger partial charge in [0, 0.05) is 22.9 Å². The van der Waals surface area contributed by atoms with Gasteiger partial charge in [0.2, 0.25) is 5.91 Å². The molecule has 2 heterocycles. The first kappa shape index (κ1) is 19.5. The number of nitrogens with zero attached hydrogens (tertiary/aromatic N) is 2. The number of hydrazine groups is 1. The van der Waals surface area contributed by atoms with Gasteiger partial charge >= 0.3 is 0 Å². The zero-order valence-corrected chi connectivity index (χ0v) is 15.6. The largest absolute Gasteiger partial charge is 0.346 e. The van der Waals surface area contributed by atoms with Crippen molar-refractivity contribution in [2.75, 3.05) is 0 Å². The third kappa shape index (κ3) is 3.86. The molecule has 1 aromatic carbocycles. The number of halogens is 1. The Hall–Kier alpha value is -3.28. The Morgan fingerprint density at radius 1 is 1.46 bits per heavy atom. The van der Waals surface area contributed by atoms with Crippen LogP contribution in [0.2, 0.25) is 0 Å². The van der Waals surface area contributed by atoms with Crippen LogP contribution in [0.5, 0.6) is 0 Å². The number of carbonyl (C=O) groups is 1. The van der Waals surface area contributed by atoms with Crippen molar-refractivity contribution in [3.8, 4) is 6.07 Å². The summed E-state index contributed by atoms with van der Waals surface area (Å²) in [6, 6.07) is 4.53. The van der Waals surface area contributed by atoms with Gasteiger partial charge in [-0.25, -0.2) is 4.39 Å². The third-order valence-corrected chi connectivity index (χ3v) is 5.15. The first-order valence-electron chi connectivity index (χ1n) is 9.02. The van der Waals surface area contributed by atoms with E-state index in [-0.39, 0.29) is 12.0 Å². The number of benzene rings is 1. The van der Waals surface area contributed by atoms with E-state index >= 15 is 0 Å². The molecule has 1 aromatic heterocycles. The third-order valence-electron chi connectivity index (χ3n) is 5.15. The minimum absolute atomic E-state index is 0.183. The van der Waals surface area contributed by atoms with E-state index < -0.39 is 35.4 Å². The fourth-order valence-corrected chi connectivity index (χ4v) is 3.56.